The number of rotatable bonds is 6. The van der Waals surface area contributed by atoms with Gasteiger partial charge in [0.05, 0.1) is 0 Å². The number of nitrogens with zero attached hydrogens (tertiary/aromatic N) is 1. The molecule has 0 saturated carbocycles. The van der Waals surface area contributed by atoms with Crippen molar-refractivity contribution in [2.75, 3.05) is 24.5 Å². The molecule has 1 aromatic carbocycles. The van der Waals surface area contributed by atoms with Crippen molar-refractivity contribution in [3.8, 4) is 0 Å². The molecule has 1 aliphatic heterocycles. The molecule has 112 valence electrons. The maximum absolute atomic E-state index is 3.62. The third kappa shape index (κ3) is 3.99. The summed E-state index contributed by atoms with van der Waals surface area (Å²) in [6.45, 7) is 12.7. The average molecular weight is 274 g/mol. The highest BCUT2D eigenvalue weighted by atomic mass is 15.2. The van der Waals surface area contributed by atoms with Crippen LogP contribution in [-0.2, 0) is 6.42 Å². The quantitative estimate of drug-likeness (QED) is 0.796. The second kappa shape index (κ2) is 7.12. The summed E-state index contributed by atoms with van der Waals surface area (Å²) in [5.74, 6) is 1.54. The Labute approximate surface area is 124 Å². The lowest BCUT2D eigenvalue weighted by atomic mass is 9.93. The minimum absolute atomic E-state index is 0.561. The highest BCUT2D eigenvalue weighted by Crippen LogP contribution is 2.30. The molecule has 0 radical (unpaired) electrons. The van der Waals surface area contributed by atoms with Gasteiger partial charge < -0.3 is 10.2 Å². The van der Waals surface area contributed by atoms with E-state index in [0.29, 0.717) is 6.04 Å². The number of nitrogens with one attached hydrogen (secondary N) is 1. The lowest BCUT2D eigenvalue weighted by molar-refractivity contribution is 0.464. The summed E-state index contributed by atoms with van der Waals surface area (Å²) in [4.78, 5) is 2.59. The van der Waals surface area contributed by atoms with Crippen molar-refractivity contribution in [1.29, 1.82) is 0 Å². The van der Waals surface area contributed by atoms with Crippen LogP contribution >= 0.6 is 0 Å². The van der Waals surface area contributed by atoms with Crippen LogP contribution in [0.2, 0.25) is 0 Å². The van der Waals surface area contributed by atoms with Crippen molar-refractivity contribution >= 4 is 5.69 Å². The van der Waals surface area contributed by atoms with Gasteiger partial charge in [-0.15, -0.1) is 0 Å². The summed E-state index contributed by atoms with van der Waals surface area (Å²) >= 11 is 0. The molecule has 2 unspecified atom stereocenters. The average Bonchev–Trinajstić information content (AvgIpc) is 2.42. The summed E-state index contributed by atoms with van der Waals surface area (Å²) in [5, 5.41) is 3.62. The van der Waals surface area contributed by atoms with Gasteiger partial charge in [-0.2, -0.15) is 0 Å². The topological polar surface area (TPSA) is 15.3 Å². The van der Waals surface area contributed by atoms with E-state index in [2.05, 4.69) is 62.2 Å². The zero-order chi connectivity index (χ0) is 14.5. The summed E-state index contributed by atoms with van der Waals surface area (Å²) in [6, 6.07) is 9.47. The molecule has 0 spiro atoms. The van der Waals surface area contributed by atoms with E-state index in [-0.39, 0.29) is 0 Å². The first-order chi connectivity index (χ1) is 9.58. The van der Waals surface area contributed by atoms with Crippen LogP contribution in [0.1, 0.15) is 39.7 Å². The predicted molar refractivity (Wildman–Crippen MR) is 88.4 cm³/mol. The molecule has 2 rings (SSSR count). The Hall–Kier alpha value is -1.02. The molecule has 20 heavy (non-hydrogen) atoms. The van der Waals surface area contributed by atoms with Gasteiger partial charge in [0, 0.05) is 24.8 Å². The van der Waals surface area contributed by atoms with Gasteiger partial charge in [-0.1, -0.05) is 39.0 Å². The minimum Gasteiger partial charge on any atom is -0.367 e. The number of hydrogen-bond donors (Lipinski definition) is 1. The molecule has 1 aliphatic rings. The van der Waals surface area contributed by atoms with Crippen LogP contribution in [0.15, 0.2) is 24.3 Å². The van der Waals surface area contributed by atoms with E-state index in [1.807, 2.05) is 0 Å². The number of para-hydroxylation sites is 1. The molecular weight excluding hydrogens is 244 g/mol. The highest BCUT2D eigenvalue weighted by Gasteiger charge is 2.24. The molecule has 0 aromatic heterocycles. The third-order valence-electron chi connectivity index (χ3n) is 4.25. The molecule has 0 bridgehead atoms. The second-order valence-corrected chi connectivity index (χ2v) is 6.83. The normalized spacial score (nSPS) is 20.1. The van der Waals surface area contributed by atoms with Gasteiger partial charge in [0.15, 0.2) is 0 Å². The molecule has 0 saturated heterocycles. The summed E-state index contributed by atoms with van der Waals surface area (Å²) < 4.78 is 0. The van der Waals surface area contributed by atoms with Crippen LogP contribution in [0.4, 0.5) is 5.69 Å². The standard InChI is InChI=1S/C18H30N2/c1-14(2)9-10-19-12-16(4)20-13-15(3)11-17-7-5-6-8-18(17)20/h5-8,14-16,19H,9-13H2,1-4H3. The van der Waals surface area contributed by atoms with Crippen molar-refractivity contribution in [3.05, 3.63) is 29.8 Å². The van der Waals surface area contributed by atoms with Gasteiger partial charge in [0.25, 0.3) is 0 Å². The summed E-state index contributed by atoms with van der Waals surface area (Å²) in [6.07, 6.45) is 2.49. The Morgan fingerprint density at radius 3 is 2.75 bits per heavy atom. The number of hydrogen-bond acceptors (Lipinski definition) is 2. The van der Waals surface area contributed by atoms with E-state index in [9.17, 15) is 0 Å². The van der Waals surface area contributed by atoms with Crippen molar-refractivity contribution < 1.29 is 0 Å². The predicted octanol–water partition coefficient (Wildman–Crippen LogP) is 3.71. The summed E-state index contributed by atoms with van der Waals surface area (Å²) in [7, 11) is 0. The molecule has 2 nitrogen and oxygen atoms in total. The number of benzene rings is 1. The van der Waals surface area contributed by atoms with Gasteiger partial charge in [0.2, 0.25) is 0 Å². The van der Waals surface area contributed by atoms with E-state index in [1.165, 1.54) is 30.6 Å². The smallest absolute Gasteiger partial charge is 0.0401 e. The molecule has 0 fully saturated rings. The second-order valence-electron chi connectivity index (χ2n) is 6.83. The van der Waals surface area contributed by atoms with E-state index in [1.54, 1.807) is 0 Å². The SMILES string of the molecule is CC(C)CCNCC(C)N1CC(C)Cc2ccccc21. The molecule has 0 amide bonds. The first-order valence-corrected chi connectivity index (χ1v) is 8.13. The van der Waals surface area contributed by atoms with Gasteiger partial charge >= 0.3 is 0 Å². The maximum Gasteiger partial charge on any atom is 0.0401 e. The van der Waals surface area contributed by atoms with Crippen LogP contribution in [0.3, 0.4) is 0 Å². The zero-order valence-electron chi connectivity index (χ0n) is 13.5. The fourth-order valence-electron chi connectivity index (χ4n) is 3.07. The van der Waals surface area contributed by atoms with E-state index in [0.717, 1.165) is 24.9 Å². The zero-order valence-corrected chi connectivity index (χ0v) is 13.5. The molecule has 1 heterocycles. The van der Waals surface area contributed by atoms with Gasteiger partial charge in [-0.05, 0) is 49.8 Å². The van der Waals surface area contributed by atoms with Gasteiger partial charge in [-0.3, -0.25) is 0 Å². The Morgan fingerprint density at radius 1 is 1.25 bits per heavy atom. The van der Waals surface area contributed by atoms with Crippen LogP contribution < -0.4 is 10.2 Å². The first kappa shape index (κ1) is 15.4. The Bertz CT molecular complexity index is 414. The van der Waals surface area contributed by atoms with Crippen LogP contribution in [0.5, 0.6) is 0 Å². The van der Waals surface area contributed by atoms with Crippen LogP contribution in [0, 0.1) is 11.8 Å². The van der Waals surface area contributed by atoms with E-state index in [4.69, 9.17) is 0 Å². The van der Waals surface area contributed by atoms with Gasteiger partial charge in [-0.25, -0.2) is 0 Å². The molecule has 0 aliphatic carbocycles. The maximum atomic E-state index is 3.62. The fourth-order valence-corrected chi connectivity index (χ4v) is 3.07. The number of fused-ring (bicyclic) bond motifs is 1. The Balaban J connectivity index is 1.94. The highest BCUT2D eigenvalue weighted by molar-refractivity contribution is 5.56. The first-order valence-electron chi connectivity index (χ1n) is 8.13. The van der Waals surface area contributed by atoms with E-state index < -0.39 is 0 Å². The summed E-state index contributed by atoms with van der Waals surface area (Å²) in [5.41, 5.74) is 2.96. The molecular formula is C18H30N2. The van der Waals surface area contributed by atoms with Gasteiger partial charge in [0.1, 0.15) is 0 Å². The Morgan fingerprint density at radius 2 is 2.00 bits per heavy atom. The lowest BCUT2D eigenvalue weighted by Crippen LogP contribution is -2.45. The van der Waals surface area contributed by atoms with E-state index >= 15 is 0 Å². The molecule has 2 atom stereocenters. The molecule has 2 heteroatoms. The third-order valence-corrected chi connectivity index (χ3v) is 4.25. The van der Waals surface area contributed by atoms with Crippen molar-refractivity contribution in [2.45, 2.75) is 46.6 Å². The van der Waals surface area contributed by atoms with Crippen LogP contribution in [0.25, 0.3) is 0 Å². The van der Waals surface area contributed by atoms with Crippen molar-refractivity contribution in [2.24, 2.45) is 11.8 Å². The largest absolute Gasteiger partial charge is 0.367 e. The molecule has 1 N–H and O–H groups in total. The van der Waals surface area contributed by atoms with Crippen molar-refractivity contribution in [1.82, 2.24) is 5.32 Å². The monoisotopic (exact) mass is 274 g/mol. The van der Waals surface area contributed by atoms with Crippen LogP contribution in [-0.4, -0.2) is 25.7 Å². The minimum atomic E-state index is 0.561. The Kier molecular flexibility index (Phi) is 5.47. The lowest BCUT2D eigenvalue weighted by Gasteiger charge is -2.39. The fraction of sp³-hybridized carbons (Fsp3) is 0.667. The van der Waals surface area contributed by atoms with Crippen molar-refractivity contribution in [3.63, 3.8) is 0 Å². The molecule has 1 aromatic rings. The number of anilines is 1.